The first kappa shape index (κ1) is 14.4. The van der Waals surface area contributed by atoms with Crippen molar-refractivity contribution >= 4 is 29.7 Å². The van der Waals surface area contributed by atoms with Gasteiger partial charge in [-0.2, -0.15) is 4.98 Å². The molecule has 0 spiro atoms. The Morgan fingerprint density at radius 3 is 3.05 bits per heavy atom. The van der Waals surface area contributed by atoms with Crippen molar-refractivity contribution in [3.63, 3.8) is 0 Å². The van der Waals surface area contributed by atoms with Crippen LogP contribution in [0.5, 0.6) is 0 Å². The largest absolute Gasteiger partial charge is 0.457 e. The number of furan rings is 1. The SMILES string of the molecule is Cc1cccc(Nc2nc(SCc3ccc(C=O)o3)n[nH]2)c1. The van der Waals surface area contributed by atoms with E-state index in [2.05, 4.69) is 20.5 Å². The molecular formula is C15H14N4O2S. The zero-order chi connectivity index (χ0) is 15.4. The first-order chi connectivity index (χ1) is 10.7. The van der Waals surface area contributed by atoms with Crippen LogP contribution in [0.1, 0.15) is 21.9 Å². The third kappa shape index (κ3) is 3.56. The summed E-state index contributed by atoms with van der Waals surface area (Å²) in [5.41, 5.74) is 2.12. The van der Waals surface area contributed by atoms with E-state index in [0.717, 1.165) is 5.69 Å². The van der Waals surface area contributed by atoms with Gasteiger partial charge in [-0.25, -0.2) is 5.10 Å². The van der Waals surface area contributed by atoms with Crippen LogP contribution in [-0.2, 0) is 5.75 Å². The fourth-order valence-corrected chi connectivity index (χ4v) is 2.59. The molecule has 0 fully saturated rings. The summed E-state index contributed by atoms with van der Waals surface area (Å²) in [6, 6.07) is 11.4. The Hall–Kier alpha value is -2.54. The number of thioether (sulfide) groups is 1. The summed E-state index contributed by atoms with van der Waals surface area (Å²) in [6.45, 7) is 2.03. The maximum atomic E-state index is 10.6. The number of nitrogens with one attached hydrogen (secondary N) is 2. The number of hydrogen-bond acceptors (Lipinski definition) is 6. The van der Waals surface area contributed by atoms with Gasteiger partial charge in [-0.05, 0) is 36.8 Å². The molecule has 3 aromatic rings. The maximum absolute atomic E-state index is 10.6. The van der Waals surface area contributed by atoms with E-state index in [1.54, 1.807) is 12.1 Å². The molecule has 2 N–H and O–H groups in total. The summed E-state index contributed by atoms with van der Waals surface area (Å²) >= 11 is 1.43. The Balaban J connectivity index is 1.60. The highest BCUT2D eigenvalue weighted by molar-refractivity contribution is 7.98. The summed E-state index contributed by atoms with van der Waals surface area (Å²) in [5, 5.41) is 10.8. The highest BCUT2D eigenvalue weighted by atomic mass is 32.2. The molecule has 0 aliphatic carbocycles. The lowest BCUT2D eigenvalue weighted by molar-refractivity contribution is 0.109. The van der Waals surface area contributed by atoms with Crippen molar-refractivity contribution < 1.29 is 9.21 Å². The van der Waals surface area contributed by atoms with Crippen LogP contribution in [0.15, 0.2) is 46.0 Å². The summed E-state index contributed by atoms with van der Waals surface area (Å²) in [5.74, 6) is 2.19. The summed E-state index contributed by atoms with van der Waals surface area (Å²) < 4.78 is 5.30. The topological polar surface area (TPSA) is 83.8 Å². The first-order valence-corrected chi connectivity index (χ1v) is 7.64. The molecule has 2 heterocycles. The van der Waals surface area contributed by atoms with Gasteiger partial charge in [-0.3, -0.25) is 4.79 Å². The number of aromatic amines is 1. The van der Waals surface area contributed by atoms with Gasteiger partial charge < -0.3 is 9.73 Å². The third-order valence-electron chi connectivity index (χ3n) is 2.89. The van der Waals surface area contributed by atoms with Gasteiger partial charge in [0.15, 0.2) is 12.0 Å². The molecule has 0 bridgehead atoms. The highest BCUT2D eigenvalue weighted by Gasteiger charge is 2.07. The second-order valence-electron chi connectivity index (χ2n) is 4.67. The first-order valence-electron chi connectivity index (χ1n) is 6.66. The van der Waals surface area contributed by atoms with Crippen molar-refractivity contribution in [3.8, 4) is 0 Å². The molecule has 3 rings (SSSR count). The van der Waals surface area contributed by atoms with Crippen LogP contribution in [0.25, 0.3) is 0 Å². The zero-order valence-electron chi connectivity index (χ0n) is 11.9. The van der Waals surface area contributed by atoms with Crippen LogP contribution in [0, 0.1) is 6.92 Å². The second-order valence-corrected chi connectivity index (χ2v) is 5.61. The number of hydrogen-bond donors (Lipinski definition) is 2. The number of carbonyl (C=O) groups excluding carboxylic acids is 1. The van der Waals surface area contributed by atoms with Crippen LogP contribution < -0.4 is 5.32 Å². The van der Waals surface area contributed by atoms with E-state index in [1.165, 1.54) is 17.3 Å². The molecule has 1 aromatic carbocycles. The number of aldehydes is 1. The van der Waals surface area contributed by atoms with Gasteiger partial charge in [0.1, 0.15) is 5.76 Å². The predicted octanol–water partition coefficient (Wildman–Crippen LogP) is 3.55. The van der Waals surface area contributed by atoms with E-state index in [1.807, 2.05) is 31.2 Å². The number of rotatable bonds is 6. The van der Waals surface area contributed by atoms with Crippen LogP contribution >= 0.6 is 11.8 Å². The van der Waals surface area contributed by atoms with E-state index >= 15 is 0 Å². The number of H-pyrrole nitrogens is 1. The second kappa shape index (κ2) is 6.48. The molecule has 0 radical (unpaired) electrons. The minimum absolute atomic E-state index is 0.326. The molecule has 0 aliphatic heterocycles. The molecule has 0 aliphatic rings. The molecule has 0 saturated carbocycles. The highest BCUT2D eigenvalue weighted by Crippen LogP contribution is 2.22. The minimum Gasteiger partial charge on any atom is -0.457 e. The van der Waals surface area contributed by atoms with E-state index in [4.69, 9.17) is 4.42 Å². The van der Waals surface area contributed by atoms with E-state index < -0.39 is 0 Å². The number of aromatic nitrogens is 3. The summed E-state index contributed by atoms with van der Waals surface area (Å²) in [4.78, 5) is 14.9. The zero-order valence-corrected chi connectivity index (χ0v) is 12.7. The van der Waals surface area contributed by atoms with Crippen LogP contribution in [0.2, 0.25) is 0 Å². The quantitative estimate of drug-likeness (QED) is 0.534. The molecule has 0 saturated heterocycles. The fraction of sp³-hybridized carbons (Fsp3) is 0.133. The van der Waals surface area contributed by atoms with Crippen LogP contribution in [0.3, 0.4) is 0 Å². The van der Waals surface area contributed by atoms with Gasteiger partial charge in [0, 0.05) is 5.69 Å². The van der Waals surface area contributed by atoms with Crippen molar-refractivity contribution in [1.82, 2.24) is 15.2 Å². The molecule has 112 valence electrons. The van der Waals surface area contributed by atoms with Gasteiger partial charge in [0.25, 0.3) is 0 Å². The third-order valence-corrected chi connectivity index (χ3v) is 3.76. The Morgan fingerprint density at radius 1 is 1.36 bits per heavy atom. The number of anilines is 2. The van der Waals surface area contributed by atoms with Crippen molar-refractivity contribution in [3.05, 3.63) is 53.5 Å². The van der Waals surface area contributed by atoms with Gasteiger partial charge in [-0.15, -0.1) is 5.10 Å². The lowest BCUT2D eigenvalue weighted by atomic mass is 10.2. The Bertz CT molecular complexity index is 781. The Labute approximate surface area is 131 Å². The molecule has 22 heavy (non-hydrogen) atoms. The molecule has 6 nitrogen and oxygen atoms in total. The summed E-state index contributed by atoms with van der Waals surface area (Å²) in [6.07, 6.45) is 0.685. The van der Waals surface area contributed by atoms with Gasteiger partial charge >= 0.3 is 0 Å². The van der Waals surface area contributed by atoms with Crippen LogP contribution in [-0.4, -0.2) is 21.5 Å². The van der Waals surface area contributed by atoms with Crippen molar-refractivity contribution in [2.24, 2.45) is 0 Å². The van der Waals surface area contributed by atoms with E-state index in [9.17, 15) is 4.79 Å². The number of benzene rings is 1. The van der Waals surface area contributed by atoms with Crippen LogP contribution in [0.4, 0.5) is 11.6 Å². The molecule has 0 amide bonds. The molecule has 0 unspecified atom stereocenters. The molecule has 7 heteroatoms. The molecular weight excluding hydrogens is 300 g/mol. The van der Waals surface area contributed by atoms with Gasteiger partial charge in [0.2, 0.25) is 11.1 Å². The Kier molecular flexibility index (Phi) is 4.24. The Morgan fingerprint density at radius 2 is 2.27 bits per heavy atom. The van der Waals surface area contributed by atoms with Crippen molar-refractivity contribution in [2.75, 3.05) is 5.32 Å². The minimum atomic E-state index is 0.326. The monoisotopic (exact) mass is 314 g/mol. The number of nitrogens with zero attached hydrogens (tertiary/aromatic N) is 2. The van der Waals surface area contributed by atoms with Crippen molar-refractivity contribution in [1.29, 1.82) is 0 Å². The van der Waals surface area contributed by atoms with Gasteiger partial charge in [-0.1, -0.05) is 23.9 Å². The average molecular weight is 314 g/mol. The normalized spacial score (nSPS) is 10.6. The smallest absolute Gasteiger partial charge is 0.223 e. The lowest BCUT2D eigenvalue weighted by Gasteiger charge is -2.02. The molecule has 0 atom stereocenters. The fourth-order valence-electron chi connectivity index (χ4n) is 1.90. The van der Waals surface area contributed by atoms with E-state index in [-0.39, 0.29) is 0 Å². The number of aryl methyl sites for hydroxylation is 1. The number of carbonyl (C=O) groups is 1. The lowest BCUT2D eigenvalue weighted by Crippen LogP contribution is -1.92. The van der Waals surface area contributed by atoms with E-state index in [0.29, 0.717) is 34.7 Å². The van der Waals surface area contributed by atoms with Crippen molar-refractivity contribution in [2.45, 2.75) is 17.8 Å². The maximum Gasteiger partial charge on any atom is 0.223 e. The summed E-state index contributed by atoms with van der Waals surface area (Å²) in [7, 11) is 0. The van der Waals surface area contributed by atoms with Gasteiger partial charge in [0.05, 0.1) is 5.75 Å². The molecule has 2 aromatic heterocycles. The predicted molar refractivity (Wildman–Crippen MR) is 84.5 cm³/mol. The average Bonchev–Trinajstić information content (AvgIpc) is 3.14. The standard InChI is InChI=1S/C15H14N4O2S/c1-10-3-2-4-11(7-10)16-14-17-15(19-18-14)22-9-13-6-5-12(8-20)21-13/h2-8H,9H2,1H3,(H2,16,17,18,19).